The van der Waals surface area contributed by atoms with Gasteiger partial charge in [0.1, 0.15) is 0 Å². The number of fused-ring (bicyclic) bond motifs is 3. The SMILES string of the molecule is C[Si](C)(O[Si]1(C2CCCCC2)O[Si]2(C3CCCCC3)O[Si](O)(C3CCCCC3)O[Si]3(C4CCCCC4)O[Si](O)(C4CCCCC4)O[Si](C4CCCCC4)(O1)O[Si](C1CCCCC1)(O3)O2)c1ccccc1. The van der Waals surface area contributed by atoms with Crippen LogP contribution in [0.25, 0.3) is 0 Å². The van der Waals surface area contributed by atoms with Crippen LogP contribution in [-0.2, 0) is 41.2 Å². The largest absolute Gasteiger partial charge is 0.486 e. The van der Waals surface area contributed by atoms with Crippen LogP contribution in [0.4, 0.5) is 0 Å². The van der Waals surface area contributed by atoms with Crippen molar-refractivity contribution >= 4 is 75.1 Å². The second kappa shape index (κ2) is 21.7. The highest BCUT2D eigenvalue weighted by Gasteiger charge is 2.83. The van der Waals surface area contributed by atoms with E-state index in [0.717, 1.165) is 225 Å². The van der Waals surface area contributed by atoms with Crippen molar-refractivity contribution in [3.05, 3.63) is 30.3 Å². The summed E-state index contributed by atoms with van der Waals surface area (Å²) in [7, 11) is -32.9. The van der Waals surface area contributed by atoms with Crippen LogP contribution in [0.2, 0.25) is 51.9 Å². The molecule has 1 aromatic carbocycles. The van der Waals surface area contributed by atoms with Crippen molar-refractivity contribution in [1.29, 1.82) is 0 Å². The summed E-state index contributed by atoms with van der Waals surface area (Å²) in [6.45, 7) is 4.63. The van der Waals surface area contributed by atoms with Gasteiger partial charge in [-0.1, -0.05) is 165 Å². The molecule has 70 heavy (non-hydrogen) atoms. The van der Waals surface area contributed by atoms with Gasteiger partial charge >= 0.3 is 61.6 Å². The van der Waals surface area contributed by atoms with Crippen LogP contribution in [0.1, 0.15) is 225 Å². The minimum absolute atomic E-state index is 0.0656. The monoisotopic (exact) mass is 1110 g/mol. The molecule has 7 saturated carbocycles. The number of hydrogen-bond acceptors (Lipinski definition) is 12. The van der Waals surface area contributed by atoms with Gasteiger partial charge < -0.3 is 50.7 Å². The Hall–Kier alpha value is 0.475. The molecule has 3 aliphatic heterocycles. The summed E-state index contributed by atoms with van der Waals surface area (Å²) in [4.78, 5) is 28.9. The van der Waals surface area contributed by atoms with Gasteiger partial charge in [0, 0.05) is 38.8 Å². The zero-order valence-electron chi connectivity index (χ0n) is 43.2. The summed E-state index contributed by atoms with van der Waals surface area (Å²) in [5.74, 6) is 0. The summed E-state index contributed by atoms with van der Waals surface area (Å²) in [6.07, 6.45) is 34.4. The van der Waals surface area contributed by atoms with Crippen molar-refractivity contribution in [2.75, 3.05) is 0 Å². The van der Waals surface area contributed by atoms with Crippen LogP contribution in [0.3, 0.4) is 0 Å². The fraction of sp³-hybridized carbons (Fsp3) is 0.880. The standard InChI is InChI=1S/C50H90O12Si8/c1-63(2,43-27-11-3-12-28-43)53-66(46-33-17-6-18-34-46)58-68(48-37-21-8-22-38-48)56-64(51,44-29-13-4-14-30-44)54-67(47-35-19-7-20-36-47)55-65(52,45-31-15-5-16-32-45)57-69(59-66,49-39-23-9-24-40-49)62-70(60-67,61-68)50-41-25-10-26-42-50/h3,11-12,27-28,44-52H,4-10,13-26,29-42H2,1-2H3. The zero-order valence-corrected chi connectivity index (χ0v) is 51.2. The molecule has 10 aliphatic rings. The average Bonchev–Trinajstić information content (AvgIpc) is 3.39. The molecule has 10 fully saturated rings. The van der Waals surface area contributed by atoms with E-state index in [1.54, 1.807) is 0 Å². The van der Waals surface area contributed by atoms with Gasteiger partial charge in [0.15, 0.2) is 0 Å². The maximum Gasteiger partial charge on any atom is 0.486 e. The van der Waals surface area contributed by atoms with Crippen LogP contribution in [0, 0.1) is 0 Å². The van der Waals surface area contributed by atoms with Crippen molar-refractivity contribution in [2.45, 2.75) is 277 Å². The van der Waals surface area contributed by atoms with Crippen LogP contribution >= 0.6 is 0 Å². The minimum Gasteiger partial charge on any atom is -0.412 e. The van der Waals surface area contributed by atoms with Gasteiger partial charge in [0.05, 0.1) is 0 Å². The maximum absolute atomic E-state index is 14.5. The molecule has 1 aromatic rings. The van der Waals surface area contributed by atoms with E-state index in [1.807, 2.05) is 0 Å². The van der Waals surface area contributed by atoms with E-state index in [0.29, 0.717) is 0 Å². The first-order valence-electron chi connectivity index (χ1n) is 29.4. The fourth-order valence-electron chi connectivity index (χ4n) is 15.2. The fourth-order valence-corrected chi connectivity index (χ4v) is 63.7. The van der Waals surface area contributed by atoms with E-state index < -0.39 is 69.9 Å². The molecule has 3 saturated heterocycles. The lowest BCUT2D eigenvalue weighted by Crippen LogP contribution is -2.86. The molecule has 3 heterocycles. The van der Waals surface area contributed by atoms with Crippen molar-refractivity contribution in [1.82, 2.24) is 0 Å². The molecule has 0 radical (unpaired) electrons. The van der Waals surface area contributed by atoms with Gasteiger partial charge in [-0.05, 0) is 108 Å². The summed E-state index contributed by atoms with van der Waals surface area (Å²) >= 11 is 0. The molecule has 0 amide bonds. The Balaban J connectivity index is 1.22. The van der Waals surface area contributed by atoms with E-state index >= 15 is 0 Å². The third kappa shape index (κ3) is 10.5. The normalized spacial score (nSPS) is 41.5. The number of benzene rings is 1. The van der Waals surface area contributed by atoms with Crippen molar-refractivity contribution < 1.29 is 50.7 Å². The van der Waals surface area contributed by atoms with Gasteiger partial charge in [-0.25, -0.2) is 0 Å². The summed E-state index contributed by atoms with van der Waals surface area (Å²) < 4.78 is 84.0. The highest BCUT2D eigenvalue weighted by Crippen LogP contribution is 2.62. The predicted octanol–water partition coefficient (Wildman–Crippen LogP) is 13.2. The van der Waals surface area contributed by atoms with Crippen molar-refractivity contribution in [2.24, 2.45) is 0 Å². The Kier molecular flexibility index (Phi) is 16.3. The first-order chi connectivity index (χ1) is 33.9. The lowest BCUT2D eigenvalue weighted by atomic mass is 10.0. The lowest BCUT2D eigenvalue weighted by Gasteiger charge is -2.63. The smallest absolute Gasteiger partial charge is 0.412 e. The molecule has 4 atom stereocenters. The van der Waals surface area contributed by atoms with Gasteiger partial charge in [-0.3, -0.25) is 0 Å². The highest BCUT2D eigenvalue weighted by atomic mass is 28.6. The number of rotatable bonds is 10. The molecular formula is C50H90O12Si8. The summed E-state index contributed by atoms with van der Waals surface area (Å²) in [5, 5.41) is 1.18. The Labute approximate surface area is 430 Å². The maximum atomic E-state index is 14.5. The topological polar surface area (TPSA) is 133 Å². The zero-order chi connectivity index (χ0) is 48.0. The molecule has 0 aromatic heterocycles. The Bertz CT molecular complexity index is 1800. The van der Waals surface area contributed by atoms with E-state index in [9.17, 15) is 9.59 Å². The molecule has 20 heteroatoms. The summed E-state index contributed by atoms with van der Waals surface area (Å²) in [6, 6.07) is 10.8. The van der Waals surface area contributed by atoms with Crippen LogP contribution < -0.4 is 5.19 Å². The second-order valence-electron chi connectivity index (χ2n) is 24.5. The van der Waals surface area contributed by atoms with Crippen molar-refractivity contribution in [3.8, 4) is 0 Å². The average molecular weight is 1110 g/mol. The third-order valence-corrected chi connectivity index (χ3v) is 55.8. The van der Waals surface area contributed by atoms with Crippen molar-refractivity contribution in [3.63, 3.8) is 0 Å². The molecule has 4 bridgehead atoms. The molecule has 7 aliphatic carbocycles. The van der Waals surface area contributed by atoms with E-state index in [4.69, 9.17) is 41.2 Å². The van der Waals surface area contributed by atoms with Crippen LogP contribution in [0.5, 0.6) is 0 Å². The van der Waals surface area contributed by atoms with E-state index in [-0.39, 0.29) is 38.8 Å². The Morgan fingerprint density at radius 2 is 0.600 bits per heavy atom. The number of hydrogen-bond donors (Lipinski definition) is 2. The quantitative estimate of drug-likeness (QED) is 0.216. The summed E-state index contributed by atoms with van der Waals surface area (Å²) in [5.41, 5.74) is -0.952. The predicted molar refractivity (Wildman–Crippen MR) is 287 cm³/mol. The Morgan fingerprint density at radius 3 is 0.914 bits per heavy atom. The third-order valence-electron chi connectivity index (χ3n) is 19.2. The van der Waals surface area contributed by atoms with E-state index in [2.05, 4.69) is 43.4 Å². The first-order valence-corrected chi connectivity index (χ1v) is 45.0. The van der Waals surface area contributed by atoms with Gasteiger partial charge in [0.2, 0.25) is 8.32 Å². The molecule has 2 N–H and O–H groups in total. The molecule has 0 spiro atoms. The van der Waals surface area contributed by atoms with Gasteiger partial charge in [0.25, 0.3) is 0 Å². The van der Waals surface area contributed by atoms with E-state index in [1.165, 1.54) is 5.19 Å². The molecular weight excluding hydrogens is 1020 g/mol. The second-order valence-corrected chi connectivity index (χ2v) is 50.6. The van der Waals surface area contributed by atoms with Crippen LogP contribution in [-0.4, -0.2) is 79.5 Å². The molecule has 394 valence electrons. The molecule has 11 rings (SSSR count). The molecule has 12 nitrogen and oxygen atoms in total. The highest BCUT2D eigenvalue weighted by molar-refractivity contribution is 7.01. The van der Waals surface area contributed by atoms with Crippen LogP contribution in [0.15, 0.2) is 30.3 Å². The van der Waals surface area contributed by atoms with Gasteiger partial charge in [-0.2, -0.15) is 0 Å². The van der Waals surface area contributed by atoms with Gasteiger partial charge in [-0.15, -0.1) is 0 Å². The Morgan fingerprint density at radius 1 is 0.343 bits per heavy atom. The minimum atomic E-state index is -4.43. The lowest BCUT2D eigenvalue weighted by molar-refractivity contribution is -0.0159. The molecule has 4 unspecified atom stereocenters. The first kappa shape index (κ1) is 52.5.